The number of anilines is 1. The summed E-state index contributed by atoms with van der Waals surface area (Å²) in [5, 5.41) is 6.59. The van der Waals surface area contributed by atoms with Gasteiger partial charge in [-0.25, -0.2) is 13.1 Å². The van der Waals surface area contributed by atoms with Crippen LogP contribution in [0.25, 0.3) is 0 Å². The number of nitrogen functional groups attached to an aromatic ring is 1. The number of nitrogens with one attached hydrogen (secondary N) is 2. The Bertz CT molecular complexity index is 720. The Kier molecular flexibility index (Phi) is 4.52. The highest BCUT2D eigenvalue weighted by molar-refractivity contribution is 9.11. The molecular weight excluding hydrogens is 412 g/mol. The predicted molar refractivity (Wildman–Crippen MR) is 83.6 cm³/mol. The number of aromatic nitrogens is 2. The molecule has 2 aromatic rings. The Morgan fingerprint density at radius 3 is 2.65 bits per heavy atom. The number of hydrogen-bond donors (Lipinski definition) is 3. The monoisotopic (exact) mass is 422 g/mol. The minimum absolute atomic E-state index is 0.0295. The molecule has 1 aromatic carbocycles. The van der Waals surface area contributed by atoms with Crippen molar-refractivity contribution in [3.05, 3.63) is 38.5 Å². The van der Waals surface area contributed by atoms with Crippen molar-refractivity contribution in [2.45, 2.75) is 18.4 Å². The van der Waals surface area contributed by atoms with Crippen molar-refractivity contribution in [2.24, 2.45) is 0 Å². The van der Waals surface area contributed by atoms with E-state index in [2.05, 4.69) is 46.8 Å². The quantitative estimate of drug-likeness (QED) is 0.656. The van der Waals surface area contributed by atoms with Crippen LogP contribution < -0.4 is 10.5 Å². The third-order valence-corrected chi connectivity index (χ3v) is 5.56. The third-order valence-electron chi connectivity index (χ3n) is 2.69. The number of aromatic amines is 1. The summed E-state index contributed by atoms with van der Waals surface area (Å²) in [6, 6.07) is 3.18. The molecule has 1 heterocycles. The highest BCUT2D eigenvalue weighted by atomic mass is 79.9. The van der Waals surface area contributed by atoms with Gasteiger partial charge in [0.25, 0.3) is 0 Å². The van der Waals surface area contributed by atoms with Crippen LogP contribution in [0.3, 0.4) is 0 Å². The third kappa shape index (κ3) is 3.22. The largest absolute Gasteiger partial charge is 0.398 e. The zero-order valence-electron chi connectivity index (χ0n) is 10.4. The van der Waals surface area contributed by atoms with E-state index in [0.29, 0.717) is 8.95 Å². The van der Waals surface area contributed by atoms with E-state index in [1.54, 1.807) is 18.3 Å². The lowest BCUT2D eigenvalue weighted by atomic mass is 10.3. The van der Waals surface area contributed by atoms with Crippen LogP contribution in [-0.4, -0.2) is 18.6 Å². The summed E-state index contributed by atoms with van der Waals surface area (Å²) >= 11 is 6.48. The Labute approximate surface area is 133 Å². The number of aryl methyl sites for hydroxylation is 1. The fourth-order valence-electron chi connectivity index (χ4n) is 1.66. The molecule has 2 rings (SSSR count). The summed E-state index contributed by atoms with van der Waals surface area (Å²) in [4.78, 5) is 0.0295. The lowest BCUT2D eigenvalue weighted by Crippen LogP contribution is -2.24. The number of halogens is 2. The van der Waals surface area contributed by atoms with Crippen LogP contribution in [0.1, 0.15) is 11.3 Å². The fraction of sp³-hybridized carbons (Fsp3) is 0.182. The second-order valence-electron chi connectivity index (χ2n) is 4.15. The van der Waals surface area contributed by atoms with Crippen molar-refractivity contribution in [3.63, 3.8) is 0 Å². The maximum Gasteiger partial charge on any atom is 0.244 e. The highest BCUT2D eigenvalue weighted by Crippen LogP contribution is 2.31. The van der Waals surface area contributed by atoms with Gasteiger partial charge in [0.15, 0.2) is 0 Å². The number of sulfonamides is 1. The standard InChI is InChI=1S/C11H12Br2N4O2S/c1-6-7(4-15-17-6)5-16-20(18,19)11-9(13)2-8(12)3-10(11)14/h2-4,16H,5,14H2,1H3,(H,15,17). The highest BCUT2D eigenvalue weighted by Gasteiger charge is 2.21. The number of H-pyrrole nitrogens is 1. The minimum atomic E-state index is -3.72. The summed E-state index contributed by atoms with van der Waals surface area (Å²) in [6.07, 6.45) is 1.58. The number of rotatable bonds is 4. The normalized spacial score (nSPS) is 11.8. The van der Waals surface area contributed by atoms with Crippen LogP contribution in [-0.2, 0) is 16.6 Å². The second kappa shape index (κ2) is 5.84. The van der Waals surface area contributed by atoms with Crippen molar-refractivity contribution in [1.29, 1.82) is 0 Å². The van der Waals surface area contributed by atoms with Crippen LogP contribution in [0.15, 0.2) is 32.2 Å². The van der Waals surface area contributed by atoms with Crippen LogP contribution in [0, 0.1) is 6.92 Å². The molecule has 0 unspecified atom stereocenters. The summed E-state index contributed by atoms with van der Waals surface area (Å²) < 4.78 is 28.3. The van der Waals surface area contributed by atoms with Gasteiger partial charge in [-0.15, -0.1) is 0 Å². The van der Waals surface area contributed by atoms with Crippen LogP contribution >= 0.6 is 31.9 Å². The van der Waals surface area contributed by atoms with Crippen LogP contribution in [0.5, 0.6) is 0 Å². The summed E-state index contributed by atoms with van der Waals surface area (Å²) in [5.41, 5.74) is 7.55. The number of hydrogen-bond acceptors (Lipinski definition) is 4. The molecule has 9 heteroatoms. The van der Waals surface area contributed by atoms with Gasteiger partial charge >= 0.3 is 0 Å². The fourth-order valence-corrected chi connectivity index (χ4v) is 4.73. The average Bonchev–Trinajstić information content (AvgIpc) is 2.70. The topological polar surface area (TPSA) is 101 Å². The van der Waals surface area contributed by atoms with E-state index in [1.165, 1.54) is 0 Å². The molecule has 0 fully saturated rings. The van der Waals surface area contributed by atoms with Gasteiger partial charge in [-0.2, -0.15) is 5.10 Å². The van der Waals surface area contributed by atoms with Gasteiger partial charge in [0, 0.05) is 26.7 Å². The van der Waals surface area contributed by atoms with Gasteiger partial charge in [-0.1, -0.05) is 15.9 Å². The van der Waals surface area contributed by atoms with Crippen molar-refractivity contribution < 1.29 is 8.42 Å². The molecule has 0 aliphatic heterocycles. The van der Waals surface area contributed by atoms with E-state index in [-0.39, 0.29) is 17.1 Å². The molecule has 4 N–H and O–H groups in total. The summed E-state index contributed by atoms with van der Waals surface area (Å²) in [7, 11) is -3.72. The maximum absolute atomic E-state index is 12.3. The zero-order valence-corrected chi connectivity index (χ0v) is 14.4. The van der Waals surface area contributed by atoms with Crippen LogP contribution in [0.4, 0.5) is 5.69 Å². The van der Waals surface area contributed by atoms with E-state index in [4.69, 9.17) is 5.73 Å². The maximum atomic E-state index is 12.3. The molecular formula is C11H12Br2N4O2S. The van der Waals surface area contributed by atoms with Crippen LogP contribution in [0.2, 0.25) is 0 Å². The SMILES string of the molecule is Cc1[nH]ncc1CNS(=O)(=O)c1c(N)cc(Br)cc1Br. The lowest BCUT2D eigenvalue weighted by Gasteiger charge is -2.11. The molecule has 0 atom stereocenters. The van der Waals surface area contributed by atoms with Crippen molar-refractivity contribution in [2.75, 3.05) is 5.73 Å². The molecule has 0 amide bonds. The Morgan fingerprint density at radius 1 is 1.40 bits per heavy atom. The Hall–Kier alpha value is -0.900. The molecule has 0 radical (unpaired) electrons. The van der Waals surface area contributed by atoms with Gasteiger partial charge in [-0.05, 0) is 35.0 Å². The second-order valence-corrected chi connectivity index (χ2v) is 7.62. The van der Waals surface area contributed by atoms with Gasteiger partial charge in [-0.3, -0.25) is 5.10 Å². The first kappa shape index (κ1) is 15.5. The summed E-state index contributed by atoms with van der Waals surface area (Å²) in [5.74, 6) is 0. The first-order valence-corrected chi connectivity index (χ1v) is 8.61. The molecule has 0 saturated heterocycles. The zero-order chi connectivity index (χ0) is 14.9. The molecule has 6 nitrogen and oxygen atoms in total. The number of nitrogens with two attached hydrogens (primary N) is 1. The first-order chi connectivity index (χ1) is 9.31. The van der Waals surface area contributed by atoms with Crippen molar-refractivity contribution >= 4 is 47.6 Å². The minimum Gasteiger partial charge on any atom is -0.398 e. The van der Waals surface area contributed by atoms with E-state index in [9.17, 15) is 8.42 Å². The molecule has 108 valence electrons. The smallest absolute Gasteiger partial charge is 0.244 e. The summed E-state index contributed by atoms with van der Waals surface area (Å²) in [6.45, 7) is 1.97. The van der Waals surface area contributed by atoms with Crippen molar-refractivity contribution in [3.8, 4) is 0 Å². The van der Waals surface area contributed by atoms with Gasteiger partial charge in [0.2, 0.25) is 10.0 Å². The number of benzene rings is 1. The number of nitrogens with zero attached hydrogens (tertiary/aromatic N) is 1. The van der Waals surface area contributed by atoms with E-state index in [0.717, 1.165) is 11.3 Å². The first-order valence-electron chi connectivity index (χ1n) is 5.54. The molecule has 0 aliphatic carbocycles. The Balaban J connectivity index is 2.30. The van der Waals surface area contributed by atoms with Gasteiger partial charge < -0.3 is 5.73 Å². The predicted octanol–water partition coefficient (Wildman–Crippen LogP) is 2.30. The van der Waals surface area contributed by atoms with Gasteiger partial charge in [0.1, 0.15) is 4.90 Å². The Morgan fingerprint density at radius 2 is 2.10 bits per heavy atom. The molecule has 1 aromatic heterocycles. The molecule has 0 saturated carbocycles. The van der Waals surface area contributed by atoms with Gasteiger partial charge in [0.05, 0.1) is 11.9 Å². The molecule has 0 aliphatic rings. The molecule has 0 bridgehead atoms. The van der Waals surface area contributed by atoms with E-state index >= 15 is 0 Å². The van der Waals surface area contributed by atoms with E-state index in [1.807, 2.05) is 6.92 Å². The van der Waals surface area contributed by atoms with Crippen molar-refractivity contribution in [1.82, 2.24) is 14.9 Å². The van der Waals surface area contributed by atoms with E-state index < -0.39 is 10.0 Å². The molecule has 20 heavy (non-hydrogen) atoms. The molecule has 0 spiro atoms. The lowest BCUT2D eigenvalue weighted by molar-refractivity contribution is 0.581. The average molecular weight is 424 g/mol.